The highest BCUT2D eigenvalue weighted by Gasteiger charge is 2.22. The summed E-state index contributed by atoms with van der Waals surface area (Å²) in [5.41, 5.74) is 0.657. The predicted molar refractivity (Wildman–Crippen MR) is 81.8 cm³/mol. The highest BCUT2D eigenvalue weighted by Crippen LogP contribution is 2.14. The first-order valence-electron chi connectivity index (χ1n) is 6.78. The molecule has 0 spiro atoms. The summed E-state index contributed by atoms with van der Waals surface area (Å²) in [5, 5.41) is 2.62. The van der Waals surface area contributed by atoms with E-state index in [1.807, 2.05) is 13.0 Å². The van der Waals surface area contributed by atoms with Gasteiger partial charge in [0.1, 0.15) is 11.5 Å². The van der Waals surface area contributed by atoms with Gasteiger partial charge in [0, 0.05) is 6.08 Å². The van der Waals surface area contributed by atoms with Crippen molar-refractivity contribution in [3.63, 3.8) is 0 Å². The second-order valence-electron chi connectivity index (χ2n) is 4.66. The number of hydrogen-bond acceptors (Lipinski definition) is 4. The first-order valence-corrected chi connectivity index (χ1v) is 6.78. The maximum atomic E-state index is 12.0. The number of carbonyl (C=O) groups excluding carboxylic acids is 2. The molecule has 0 saturated carbocycles. The molecule has 1 N–H and O–H groups in total. The number of nitrogens with one attached hydrogen (secondary N) is 1. The number of methoxy groups -OCH3 is 1. The van der Waals surface area contributed by atoms with E-state index in [0.29, 0.717) is 11.3 Å². The van der Waals surface area contributed by atoms with Gasteiger partial charge in [0.2, 0.25) is 5.91 Å². The number of esters is 1. The summed E-state index contributed by atoms with van der Waals surface area (Å²) in [5.74, 6) is 0.397. The number of ether oxygens (including phenoxy) is 1. The molecule has 0 aliphatic rings. The van der Waals surface area contributed by atoms with Crippen LogP contribution in [0.5, 0.6) is 0 Å². The molecular formula is C17H17NO4. The molecular weight excluding hydrogens is 282 g/mol. The first-order chi connectivity index (χ1) is 10.6. The second kappa shape index (κ2) is 7.26. The molecule has 1 aromatic heterocycles. The van der Waals surface area contributed by atoms with E-state index in [1.54, 1.807) is 42.5 Å². The largest absolute Gasteiger partial charge is 0.467 e. The Bertz CT molecular complexity index is 673. The number of benzene rings is 1. The number of rotatable bonds is 5. The summed E-state index contributed by atoms with van der Waals surface area (Å²) in [6.45, 7) is 1.82. The Morgan fingerprint density at radius 2 is 1.91 bits per heavy atom. The summed E-state index contributed by atoms with van der Waals surface area (Å²) in [7, 11) is 1.28. The van der Waals surface area contributed by atoms with Crippen LogP contribution < -0.4 is 5.32 Å². The lowest BCUT2D eigenvalue weighted by Gasteiger charge is -2.15. The average molecular weight is 299 g/mol. The van der Waals surface area contributed by atoms with Crippen LogP contribution in [0, 0.1) is 6.92 Å². The van der Waals surface area contributed by atoms with Crippen molar-refractivity contribution in [1.82, 2.24) is 5.32 Å². The Balaban J connectivity index is 2.08. The van der Waals surface area contributed by atoms with E-state index in [2.05, 4.69) is 5.32 Å². The molecule has 0 aliphatic heterocycles. The summed E-state index contributed by atoms with van der Waals surface area (Å²) < 4.78 is 10.1. The lowest BCUT2D eigenvalue weighted by molar-refractivity contribution is -0.144. The molecule has 0 bridgehead atoms. The molecule has 0 fully saturated rings. The zero-order chi connectivity index (χ0) is 15.9. The smallest absolute Gasteiger partial charge is 0.333 e. The molecule has 1 aromatic carbocycles. The third kappa shape index (κ3) is 4.09. The first kappa shape index (κ1) is 15.6. The maximum absolute atomic E-state index is 12.0. The van der Waals surface area contributed by atoms with Gasteiger partial charge in [0.15, 0.2) is 6.04 Å². The minimum absolute atomic E-state index is 0.409. The van der Waals surface area contributed by atoms with Gasteiger partial charge in [-0.3, -0.25) is 4.79 Å². The van der Waals surface area contributed by atoms with Gasteiger partial charge in [-0.15, -0.1) is 0 Å². The van der Waals surface area contributed by atoms with Crippen LogP contribution in [0.2, 0.25) is 0 Å². The van der Waals surface area contributed by atoms with E-state index in [0.717, 1.165) is 5.76 Å². The predicted octanol–water partition coefficient (Wildman–Crippen LogP) is 2.63. The van der Waals surface area contributed by atoms with Crippen molar-refractivity contribution in [2.45, 2.75) is 13.0 Å². The maximum Gasteiger partial charge on any atom is 0.333 e. The van der Waals surface area contributed by atoms with Crippen LogP contribution in [0.3, 0.4) is 0 Å². The molecule has 0 aliphatic carbocycles. The fourth-order valence-corrected chi connectivity index (χ4v) is 1.93. The molecule has 5 nitrogen and oxygen atoms in total. The van der Waals surface area contributed by atoms with Gasteiger partial charge in [-0.2, -0.15) is 0 Å². The molecule has 1 heterocycles. The normalized spacial score (nSPS) is 12.1. The van der Waals surface area contributed by atoms with Gasteiger partial charge in [-0.25, -0.2) is 4.79 Å². The van der Waals surface area contributed by atoms with Crippen LogP contribution >= 0.6 is 0 Å². The van der Waals surface area contributed by atoms with Gasteiger partial charge in [0.25, 0.3) is 0 Å². The third-order valence-electron chi connectivity index (χ3n) is 3.02. The number of amides is 1. The fraction of sp³-hybridized carbons (Fsp3) is 0.176. The SMILES string of the molecule is COC(=O)C(NC(=O)/C=C\c1ccc(C)o1)c1ccccc1. The van der Waals surface area contributed by atoms with Crippen molar-refractivity contribution >= 4 is 18.0 Å². The van der Waals surface area contributed by atoms with Crippen LogP contribution in [0.4, 0.5) is 0 Å². The minimum Gasteiger partial charge on any atom is -0.467 e. The van der Waals surface area contributed by atoms with Crippen molar-refractivity contribution in [3.8, 4) is 0 Å². The topological polar surface area (TPSA) is 68.5 Å². The molecule has 1 atom stereocenters. The standard InChI is InChI=1S/C17H17NO4/c1-12-8-9-14(22-12)10-11-15(19)18-16(17(20)21-2)13-6-4-3-5-7-13/h3-11,16H,1-2H3,(H,18,19)/b11-10-. The summed E-state index contributed by atoms with van der Waals surface area (Å²) >= 11 is 0. The van der Waals surface area contributed by atoms with E-state index in [-0.39, 0.29) is 0 Å². The van der Waals surface area contributed by atoms with Crippen LogP contribution in [-0.2, 0) is 14.3 Å². The number of aryl methyl sites for hydroxylation is 1. The van der Waals surface area contributed by atoms with Crippen molar-refractivity contribution in [2.24, 2.45) is 0 Å². The van der Waals surface area contributed by atoms with E-state index in [9.17, 15) is 9.59 Å². The average Bonchev–Trinajstić information content (AvgIpc) is 2.96. The highest BCUT2D eigenvalue weighted by atomic mass is 16.5. The fourth-order valence-electron chi connectivity index (χ4n) is 1.93. The Hall–Kier alpha value is -2.82. The zero-order valence-electron chi connectivity index (χ0n) is 12.4. The van der Waals surface area contributed by atoms with E-state index < -0.39 is 17.9 Å². The van der Waals surface area contributed by atoms with E-state index >= 15 is 0 Å². The minimum atomic E-state index is -0.846. The number of carbonyl (C=O) groups is 2. The molecule has 2 rings (SSSR count). The molecule has 0 saturated heterocycles. The summed E-state index contributed by atoms with van der Waals surface area (Å²) in [4.78, 5) is 23.8. The van der Waals surface area contributed by atoms with Gasteiger partial charge in [-0.1, -0.05) is 30.3 Å². The van der Waals surface area contributed by atoms with Crippen molar-refractivity contribution < 1.29 is 18.7 Å². The van der Waals surface area contributed by atoms with Crippen LogP contribution in [-0.4, -0.2) is 19.0 Å². The molecule has 1 amide bonds. The molecule has 2 aromatic rings. The van der Waals surface area contributed by atoms with Crippen molar-refractivity contribution in [2.75, 3.05) is 7.11 Å². The summed E-state index contributed by atoms with van der Waals surface area (Å²) in [6.07, 6.45) is 2.86. The number of furan rings is 1. The van der Waals surface area contributed by atoms with Crippen molar-refractivity contribution in [1.29, 1.82) is 0 Å². The quantitative estimate of drug-likeness (QED) is 0.680. The number of hydrogen-bond donors (Lipinski definition) is 1. The monoisotopic (exact) mass is 299 g/mol. The van der Waals surface area contributed by atoms with E-state index in [4.69, 9.17) is 9.15 Å². The molecule has 114 valence electrons. The summed E-state index contributed by atoms with van der Waals surface area (Å²) in [6, 6.07) is 11.6. The van der Waals surface area contributed by atoms with E-state index in [1.165, 1.54) is 13.2 Å². The lowest BCUT2D eigenvalue weighted by Crippen LogP contribution is -2.33. The van der Waals surface area contributed by atoms with Crippen LogP contribution in [0.25, 0.3) is 6.08 Å². The molecule has 0 radical (unpaired) electrons. The zero-order valence-corrected chi connectivity index (χ0v) is 12.4. The van der Waals surface area contributed by atoms with Crippen LogP contribution in [0.15, 0.2) is 53.0 Å². The Labute approximate surface area is 128 Å². The Morgan fingerprint density at radius 1 is 1.18 bits per heavy atom. The Morgan fingerprint density at radius 3 is 2.50 bits per heavy atom. The molecule has 1 unspecified atom stereocenters. The Kier molecular flexibility index (Phi) is 5.14. The third-order valence-corrected chi connectivity index (χ3v) is 3.02. The lowest BCUT2D eigenvalue weighted by atomic mass is 10.1. The highest BCUT2D eigenvalue weighted by molar-refractivity contribution is 5.94. The molecule has 5 heteroatoms. The molecule has 22 heavy (non-hydrogen) atoms. The van der Waals surface area contributed by atoms with Gasteiger partial charge in [0.05, 0.1) is 7.11 Å². The van der Waals surface area contributed by atoms with Gasteiger partial charge in [-0.05, 0) is 30.7 Å². The van der Waals surface area contributed by atoms with Gasteiger partial charge < -0.3 is 14.5 Å². The van der Waals surface area contributed by atoms with Gasteiger partial charge >= 0.3 is 5.97 Å². The van der Waals surface area contributed by atoms with Crippen molar-refractivity contribution in [3.05, 3.63) is 65.6 Å². The van der Waals surface area contributed by atoms with Crippen LogP contribution in [0.1, 0.15) is 23.1 Å². The second-order valence-corrected chi connectivity index (χ2v) is 4.66.